The molecule has 2 aliphatic rings. The van der Waals surface area contributed by atoms with Crippen LogP contribution in [0.15, 0.2) is 34.1 Å². The van der Waals surface area contributed by atoms with Gasteiger partial charge in [-0.3, -0.25) is 4.79 Å². The van der Waals surface area contributed by atoms with Crippen LogP contribution in [0.2, 0.25) is 0 Å². The monoisotopic (exact) mass is 282 g/mol. The second-order valence-corrected chi connectivity index (χ2v) is 6.28. The Kier molecular flexibility index (Phi) is 2.71. The Morgan fingerprint density at radius 2 is 2.00 bits per heavy atom. The molecule has 0 N–H and O–H groups in total. The predicted octanol–water partition coefficient (Wildman–Crippen LogP) is 3.03. The molecule has 3 rings (SSSR count). The summed E-state index contributed by atoms with van der Waals surface area (Å²) in [6.07, 6.45) is 1.42. The molecular formula is C16H14N2O3. The number of rotatable bonds is 1. The molecule has 1 unspecified atom stereocenters. The molecule has 0 saturated heterocycles. The average molecular weight is 282 g/mol. The van der Waals surface area contributed by atoms with Crippen molar-refractivity contribution in [3.8, 4) is 12.1 Å². The van der Waals surface area contributed by atoms with Crippen molar-refractivity contribution in [2.45, 2.75) is 32.8 Å². The van der Waals surface area contributed by atoms with E-state index in [1.165, 1.54) is 6.26 Å². The van der Waals surface area contributed by atoms with Crippen LogP contribution in [-0.2, 0) is 9.53 Å². The standard InChI is InChI=1S/C16H14N2O3/c1-15(2)6-10(19)13-12(7-15)21-14(11-4-3-5-20-11)16(13,8-17)9-18/h3-5,14H,6-7H2,1-2H3. The average Bonchev–Trinajstić information content (AvgIpc) is 3.01. The largest absolute Gasteiger partial charge is 0.483 e. The maximum Gasteiger partial charge on any atom is 0.218 e. The van der Waals surface area contributed by atoms with Gasteiger partial charge in [0.25, 0.3) is 0 Å². The highest BCUT2D eigenvalue weighted by atomic mass is 16.5. The van der Waals surface area contributed by atoms with Crippen LogP contribution in [0.5, 0.6) is 0 Å². The first-order chi connectivity index (χ1) is 9.93. The molecule has 5 nitrogen and oxygen atoms in total. The Hall–Kier alpha value is -2.53. The zero-order chi connectivity index (χ0) is 15.3. The number of nitrogens with zero attached hydrogens (tertiary/aromatic N) is 2. The minimum absolute atomic E-state index is 0.182. The molecule has 0 amide bonds. The molecule has 1 aromatic heterocycles. The van der Waals surface area contributed by atoms with Crippen molar-refractivity contribution in [2.75, 3.05) is 0 Å². The van der Waals surface area contributed by atoms with Crippen molar-refractivity contribution in [3.63, 3.8) is 0 Å². The van der Waals surface area contributed by atoms with Crippen LogP contribution in [0.4, 0.5) is 0 Å². The van der Waals surface area contributed by atoms with E-state index in [0.717, 1.165) is 0 Å². The number of nitriles is 2. The van der Waals surface area contributed by atoms with Gasteiger partial charge >= 0.3 is 0 Å². The van der Waals surface area contributed by atoms with Gasteiger partial charge in [-0.05, 0) is 17.5 Å². The summed E-state index contributed by atoms with van der Waals surface area (Å²) in [4.78, 5) is 12.5. The quantitative estimate of drug-likeness (QED) is 0.790. The minimum Gasteiger partial charge on any atom is -0.483 e. The number of Topliss-reactive ketones (excluding diaryl/α,β-unsaturated/α-hetero) is 1. The lowest BCUT2D eigenvalue weighted by atomic mass is 9.68. The van der Waals surface area contributed by atoms with Gasteiger partial charge in [-0.1, -0.05) is 13.8 Å². The van der Waals surface area contributed by atoms with E-state index in [1.807, 2.05) is 26.0 Å². The SMILES string of the molecule is CC1(C)CC(=O)C2=C(C1)OC(c1ccco1)C2(C#N)C#N. The molecule has 0 saturated carbocycles. The molecule has 1 atom stereocenters. The number of carbonyl (C=O) groups excluding carboxylic acids is 1. The summed E-state index contributed by atoms with van der Waals surface area (Å²) in [5.74, 6) is 0.664. The molecule has 1 aliphatic carbocycles. The normalized spacial score (nSPS) is 25.7. The maximum absolute atomic E-state index is 12.5. The van der Waals surface area contributed by atoms with Crippen LogP contribution in [0.1, 0.15) is 38.6 Å². The fraction of sp³-hybridized carbons (Fsp3) is 0.438. The number of carbonyl (C=O) groups is 1. The predicted molar refractivity (Wildman–Crippen MR) is 71.2 cm³/mol. The van der Waals surface area contributed by atoms with E-state index in [-0.39, 0.29) is 16.8 Å². The number of furan rings is 1. The van der Waals surface area contributed by atoms with Gasteiger partial charge in [0.2, 0.25) is 5.41 Å². The van der Waals surface area contributed by atoms with E-state index >= 15 is 0 Å². The summed E-state index contributed by atoms with van der Waals surface area (Å²) in [6.45, 7) is 3.94. The van der Waals surface area contributed by atoms with Gasteiger partial charge < -0.3 is 9.15 Å². The smallest absolute Gasteiger partial charge is 0.218 e. The second kappa shape index (κ2) is 4.23. The summed E-state index contributed by atoms with van der Waals surface area (Å²) < 4.78 is 11.1. The van der Waals surface area contributed by atoms with Crippen LogP contribution in [0.25, 0.3) is 0 Å². The maximum atomic E-state index is 12.5. The Morgan fingerprint density at radius 1 is 1.29 bits per heavy atom. The van der Waals surface area contributed by atoms with Crippen LogP contribution >= 0.6 is 0 Å². The molecule has 1 aliphatic heterocycles. The number of hydrogen-bond donors (Lipinski definition) is 0. The number of ether oxygens (including phenoxy) is 1. The first-order valence-corrected chi connectivity index (χ1v) is 6.73. The second-order valence-electron chi connectivity index (χ2n) is 6.28. The molecule has 21 heavy (non-hydrogen) atoms. The molecule has 0 radical (unpaired) electrons. The van der Waals surface area contributed by atoms with Gasteiger partial charge in [0.1, 0.15) is 11.5 Å². The molecule has 0 bridgehead atoms. The van der Waals surface area contributed by atoms with E-state index in [2.05, 4.69) is 0 Å². The third-order valence-electron chi connectivity index (χ3n) is 4.04. The fourth-order valence-corrected chi connectivity index (χ4v) is 3.13. The Balaban J connectivity index is 2.15. The van der Waals surface area contributed by atoms with Crippen molar-refractivity contribution >= 4 is 5.78 Å². The molecule has 106 valence electrons. The fourth-order valence-electron chi connectivity index (χ4n) is 3.13. The zero-order valence-corrected chi connectivity index (χ0v) is 11.8. The van der Waals surface area contributed by atoms with Gasteiger partial charge in [-0.15, -0.1) is 0 Å². The third kappa shape index (κ3) is 1.78. The molecule has 0 spiro atoms. The highest BCUT2D eigenvalue weighted by molar-refractivity contribution is 6.00. The molecule has 0 fully saturated rings. The first kappa shape index (κ1) is 13.5. The van der Waals surface area contributed by atoms with Crippen molar-refractivity contribution < 1.29 is 13.9 Å². The summed E-state index contributed by atoms with van der Waals surface area (Å²) >= 11 is 0. The Labute approximate surface area is 122 Å². The Bertz CT molecular complexity index is 700. The number of allylic oxidation sites excluding steroid dienone is 1. The number of hydrogen-bond acceptors (Lipinski definition) is 5. The zero-order valence-electron chi connectivity index (χ0n) is 11.8. The van der Waals surface area contributed by atoms with Crippen LogP contribution in [-0.4, -0.2) is 5.78 Å². The van der Waals surface area contributed by atoms with Gasteiger partial charge in [0.05, 0.1) is 24.0 Å². The van der Waals surface area contributed by atoms with Crippen molar-refractivity contribution in [1.29, 1.82) is 10.5 Å². The van der Waals surface area contributed by atoms with Crippen molar-refractivity contribution in [2.24, 2.45) is 10.8 Å². The van der Waals surface area contributed by atoms with E-state index < -0.39 is 11.5 Å². The van der Waals surface area contributed by atoms with E-state index in [0.29, 0.717) is 24.4 Å². The third-order valence-corrected chi connectivity index (χ3v) is 4.04. The summed E-state index contributed by atoms with van der Waals surface area (Å²) in [5.41, 5.74) is -1.64. The Morgan fingerprint density at radius 3 is 2.57 bits per heavy atom. The molecule has 0 aromatic carbocycles. The van der Waals surface area contributed by atoms with Crippen LogP contribution < -0.4 is 0 Å². The van der Waals surface area contributed by atoms with E-state index in [9.17, 15) is 15.3 Å². The highest BCUT2D eigenvalue weighted by Crippen LogP contribution is 2.56. The lowest BCUT2D eigenvalue weighted by Crippen LogP contribution is -2.32. The van der Waals surface area contributed by atoms with Crippen LogP contribution in [0.3, 0.4) is 0 Å². The van der Waals surface area contributed by atoms with Gasteiger partial charge in [0.15, 0.2) is 11.9 Å². The summed E-state index contributed by atoms with van der Waals surface area (Å²) in [5, 5.41) is 19.2. The van der Waals surface area contributed by atoms with Crippen LogP contribution in [0, 0.1) is 33.5 Å². The van der Waals surface area contributed by atoms with E-state index in [1.54, 1.807) is 12.1 Å². The summed E-state index contributed by atoms with van der Waals surface area (Å²) in [7, 11) is 0. The lowest BCUT2D eigenvalue weighted by Gasteiger charge is -2.29. The van der Waals surface area contributed by atoms with Crippen molar-refractivity contribution in [1.82, 2.24) is 0 Å². The van der Waals surface area contributed by atoms with E-state index in [4.69, 9.17) is 9.15 Å². The molecule has 1 aromatic rings. The van der Waals surface area contributed by atoms with Crippen molar-refractivity contribution in [3.05, 3.63) is 35.5 Å². The molecule has 5 heteroatoms. The summed E-state index contributed by atoms with van der Waals surface area (Å²) in [6, 6.07) is 7.32. The number of ketones is 1. The van der Waals surface area contributed by atoms with Gasteiger partial charge in [0, 0.05) is 12.8 Å². The molecule has 2 heterocycles. The first-order valence-electron chi connectivity index (χ1n) is 6.73. The molecular weight excluding hydrogens is 268 g/mol. The highest BCUT2D eigenvalue weighted by Gasteiger charge is 2.58. The topological polar surface area (TPSA) is 87.0 Å². The lowest BCUT2D eigenvalue weighted by molar-refractivity contribution is -0.118. The minimum atomic E-state index is -1.62. The van der Waals surface area contributed by atoms with Gasteiger partial charge in [-0.25, -0.2) is 0 Å². The van der Waals surface area contributed by atoms with Gasteiger partial charge in [-0.2, -0.15) is 10.5 Å².